The first kappa shape index (κ1) is 18.5. The minimum absolute atomic E-state index is 0.0236. The molecular formula is C22H25N3O3. The normalized spacial score (nSPS) is 19.6. The molecule has 1 saturated carbocycles. The minimum atomic E-state index is -0.464. The summed E-state index contributed by atoms with van der Waals surface area (Å²) in [5.41, 5.74) is 2.44. The average Bonchev–Trinajstić information content (AvgIpc) is 3.35. The van der Waals surface area contributed by atoms with Gasteiger partial charge in [0.1, 0.15) is 12.1 Å². The van der Waals surface area contributed by atoms with Gasteiger partial charge in [0.2, 0.25) is 5.91 Å². The molecule has 0 bridgehead atoms. The third-order valence-corrected chi connectivity index (χ3v) is 5.00. The number of nitrogens with one attached hydrogen (secondary N) is 3. The van der Waals surface area contributed by atoms with Crippen molar-refractivity contribution in [2.24, 2.45) is 0 Å². The molecule has 2 atom stereocenters. The number of ether oxygens (including phenoxy) is 1. The van der Waals surface area contributed by atoms with Gasteiger partial charge >= 0.3 is 0 Å². The number of carbonyl (C=O) groups is 2. The molecule has 146 valence electrons. The molecule has 0 aromatic heterocycles. The van der Waals surface area contributed by atoms with E-state index < -0.39 is 6.04 Å². The van der Waals surface area contributed by atoms with Crippen LogP contribution < -0.4 is 16.0 Å². The first-order chi connectivity index (χ1) is 13.7. The van der Waals surface area contributed by atoms with E-state index in [0.717, 1.165) is 36.9 Å². The highest BCUT2D eigenvalue weighted by Gasteiger charge is 2.28. The van der Waals surface area contributed by atoms with Crippen LogP contribution in [0, 0.1) is 0 Å². The lowest BCUT2D eigenvalue weighted by molar-refractivity contribution is -0.124. The number of carbonyl (C=O) groups excluding carboxylic acids is 2. The molecule has 6 nitrogen and oxygen atoms in total. The molecule has 2 fully saturated rings. The summed E-state index contributed by atoms with van der Waals surface area (Å²) in [6.07, 6.45) is 3.43. The second-order valence-corrected chi connectivity index (χ2v) is 7.34. The third-order valence-electron chi connectivity index (χ3n) is 5.00. The van der Waals surface area contributed by atoms with Crippen molar-refractivity contribution in [2.75, 3.05) is 17.2 Å². The van der Waals surface area contributed by atoms with E-state index in [-0.39, 0.29) is 17.9 Å². The Kier molecular flexibility index (Phi) is 5.58. The predicted molar refractivity (Wildman–Crippen MR) is 108 cm³/mol. The molecule has 1 heterocycles. The average molecular weight is 379 g/mol. The lowest BCUT2D eigenvalue weighted by Gasteiger charge is -2.20. The zero-order chi connectivity index (χ0) is 19.3. The highest BCUT2D eigenvalue weighted by molar-refractivity contribution is 5.94. The van der Waals surface area contributed by atoms with Gasteiger partial charge in [-0.15, -0.1) is 0 Å². The van der Waals surface area contributed by atoms with Gasteiger partial charge in [-0.2, -0.15) is 0 Å². The van der Waals surface area contributed by atoms with Gasteiger partial charge in [0.15, 0.2) is 0 Å². The number of hydrogen-bond acceptors (Lipinski definition) is 4. The van der Waals surface area contributed by atoms with E-state index >= 15 is 0 Å². The van der Waals surface area contributed by atoms with Crippen molar-refractivity contribution < 1.29 is 14.3 Å². The maximum atomic E-state index is 12.7. The van der Waals surface area contributed by atoms with Gasteiger partial charge < -0.3 is 20.7 Å². The topological polar surface area (TPSA) is 79.5 Å². The highest BCUT2D eigenvalue weighted by atomic mass is 16.5. The van der Waals surface area contributed by atoms with Crippen LogP contribution in [0.2, 0.25) is 0 Å². The molecule has 1 saturated heterocycles. The van der Waals surface area contributed by atoms with Crippen molar-refractivity contribution in [1.29, 1.82) is 0 Å². The van der Waals surface area contributed by atoms with Gasteiger partial charge in [-0.1, -0.05) is 30.3 Å². The maximum absolute atomic E-state index is 12.7. The Hall–Kier alpha value is -2.86. The van der Waals surface area contributed by atoms with Crippen molar-refractivity contribution in [1.82, 2.24) is 5.32 Å². The largest absolute Gasteiger partial charge is 0.370 e. The predicted octanol–water partition coefficient (Wildman–Crippen LogP) is 3.24. The summed E-state index contributed by atoms with van der Waals surface area (Å²) in [5, 5.41) is 9.27. The number of rotatable bonds is 7. The Balaban J connectivity index is 1.42. The molecule has 4 rings (SSSR count). The van der Waals surface area contributed by atoms with Crippen LogP contribution in [0.15, 0.2) is 54.6 Å². The summed E-state index contributed by atoms with van der Waals surface area (Å²) in [4.78, 5) is 24.9. The molecular weight excluding hydrogens is 354 g/mol. The zero-order valence-corrected chi connectivity index (χ0v) is 15.7. The number of benzene rings is 2. The van der Waals surface area contributed by atoms with Crippen LogP contribution in [0.4, 0.5) is 11.4 Å². The summed E-state index contributed by atoms with van der Waals surface area (Å²) < 4.78 is 5.41. The fourth-order valence-corrected chi connectivity index (χ4v) is 3.28. The van der Waals surface area contributed by atoms with Crippen molar-refractivity contribution in [3.63, 3.8) is 0 Å². The summed E-state index contributed by atoms with van der Waals surface area (Å²) in [7, 11) is 0. The van der Waals surface area contributed by atoms with Gasteiger partial charge in [0.25, 0.3) is 5.91 Å². The zero-order valence-electron chi connectivity index (χ0n) is 15.7. The van der Waals surface area contributed by atoms with E-state index in [9.17, 15) is 9.59 Å². The van der Waals surface area contributed by atoms with E-state index in [4.69, 9.17) is 4.74 Å². The van der Waals surface area contributed by atoms with E-state index in [2.05, 4.69) is 16.0 Å². The Labute approximate surface area is 164 Å². The van der Waals surface area contributed by atoms with Crippen LogP contribution in [-0.4, -0.2) is 30.6 Å². The van der Waals surface area contributed by atoms with Crippen LogP contribution in [0.1, 0.15) is 37.3 Å². The highest BCUT2D eigenvalue weighted by Crippen LogP contribution is 2.25. The van der Waals surface area contributed by atoms with Crippen LogP contribution in [0.25, 0.3) is 0 Å². The first-order valence-corrected chi connectivity index (χ1v) is 9.83. The van der Waals surface area contributed by atoms with Gasteiger partial charge in [-0.25, -0.2) is 0 Å². The molecule has 2 amide bonds. The Morgan fingerprint density at radius 1 is 0.929 bits per heavy atom. The minimum Gasteiger partial charge on any atom is -0.370 e. The molecule has 0 spiro atoms. The fourth-order valence-electron chi connectivity index (χ4n) is 3.28. The molecule has 2 unspecified atom stereocenters. The summed E-state index contributed by atoms with van der Waals surface area (Å²) in [5.74, 6) is -0.131. The standard InChI is InChI=1S/C22H25N3O3/c26-21(19-7-4-14-28-19)24-17-10-8-16(9-11-17)23-20(15-5-2-1-3-6-15)22(27)25-18-12-13-18/h1-3,5-6,8-11,18-20,23H,4,7,12-14H2,(H,24,26)(H,25,27). The second kappa shape index (κ2) is 8.44. The SMILES string of the molecule is O=C(Nc1ccc(NC(C(=O)NC2CC2)c2ccccc2)cc1)C1CCCO1. The quantitative estimate of drug-likeness (QED) is 0.690. The molecule has 1 aliphatic heterocycles. The van der Waals surface area contributed by atoms with E-state index in [0.29, 0.717) is 18.3 Å². The smallest absolute Gasteiger partial charge is 0.253 e. The maximum Gasteiger partial charge on any atom is 0.253 e. The molecule has 3 N–H and O–H groups in total. The van der Waals surface area contributed by atoms with Crippen molar-refractivity contribution in [2.45, 2.75) is 43.9 Å². The molecule has 2 aliphatic rings. The summed E-state index contributed by atoms with van der Waals surface area (Å²) in [6.45, 7) is 0.644. The van der Waals surface area contributed by atoms with Crippen LogP contribution in [0.3, 0.4) is 0 Å². The van der Waals surface area contributed by atoms with Gasteiger partial charge in [0.05, 0.1) is 0 Å². The number of amides is 2. The number of anilines is 2. The monoisotopic (exact) mass is 379 g/mol. The van der Waals surface area contributed by atoms with Crippen LogP contribution >= 0.6 is 0 Å². The van der Waals surface area contributed by atoms with Gasteiger partial charge in [-0.05, 0) is 55.5 Å². The molecule has 1 aliphatic carbocycles. The van der Waals surface area contributed by atoms with Crippen LogP contribution in [-0.2, 0) is 14.3 Å². The summed E-state index contributed by atoms with van der Waals surface area (Å²) >= 11 is 0. The van der Waals surface area contributed by atoms with E-state index in [1.165, 1.54) is 0 Å². The molecule has 28 heavy (non-hydrogen) atoms. The van der Waals surface area contributed by atoms with E-state index in [1.807, 2.05) is 54.6 Å². The lowest BCUT2D eigenvalue weighted by atomic mass is 10.1. The van der Waals surface area contributed by atoms with Crippen molar-refractivity contribution in [3.8, 4) is 0 Å². The molecule has 0 radical (unpaired) electrons. The van der Waals surface area contributed by atoms with Gasteiger partial charge in [-0.3, -0.25) is 9.59 Å². The Morgan fingerprint density at radius 3 is 2.29 bits per heavy atom. The third kappa shape index (κ3) is 4.70. The van der Waals surface area contributed by atoms with Gasteiger partial charge in [0, 0.05) is 24.0 Å². The van der Waals surface area contributed by atoms with Crippen LogP contribution in [0.5, 0.6) is 0 Å². The molecule has 2 aromatic carbocycles. The van der Waals surface area contributed by atoms with Crippen molar-refractivity contribution >= 4 is 23.2 Å². The Morgan fingerprint density at radius 2 is 1.64 bits per heavy atom. The van der Waals surface area contributed by atoms with Crippen molar-refractivity contribution in [3.05, 3.63) is 60.2 Å². The Bertz CT molecular complexity index is 813. The second-order valence-electron chi connectivity index (χ2n) is 7.34. The lowest BCUT2D eigenvalue weighted by Crippen LogP contribution is -2.34. The summed E-state index contributed by atoms with van der Waals surface area (Å²) in [6, 6.07) is 16.9. The molecule has 2 aromatic rings. The first-order valence-electron chi connectivity index (χ1n) is 9.83. The molecule has 6 heteroatoms. The fraction of sp³-hybridized carbons (Fsp3) is 0.364. The number of hydrogen-bond donors (Lipinski definition) is 3. The van der Waals surface area contributed by atoms with E-state index in [1.54, 1.807) is 0 Å².